The minimum absolute atomic E-state index is 0.0426. The van der Waals surface area contributed by atoms with Crippen molar-refractivity contribution in [1.82, 2.24) is 9.80 Å². The number of para-hydroxylation sites is 1. The van der Waals surface area contributed by atoms with Crippen molar-refractivity contribution < 1.29 is 14.4 Å². The van der Waals surface area contributed by atoms with Crippen LogP contribution in [0.3, 0.4) is 0 Å². The van der Waals surface area contributed by atoms with Gasteiger partial charge in [0.2, 0.25) is 5.91 Å². The Labute approximate surface area is 134 Å². The van der Waals surface area contributed by atoms with Crippen molar-refractivity contribution >= 4 is 23.5 Å². The fourth-order valence-corrected chi connectivity index (χ4v) is 4.01. The van der Waals surface area contributed by atoms with Crippen LogP contribution in [-0.2, 0) is 9.59 Å². The van der Waals surface area contributed by atoms with Crippen LogP contribution in [0.4, 0.5) is 10.5 Å². The lowest BCUT2D eigenvalue weighted by atomic mass is 9.99. The van der Waals surface area contributed by atoms with Gasteiger partial charge < -0.3 is 9.80 Å². The Balaban J connectivity index is 1.60. The maximum atomic E-state index is 12.8. The molecular weight excluding hydrogens is 294 g/mol. The second-order valence-electron chi connectivity index (χ2n) is 6.68. The summed E-state index contributed by atoms with van der Waals surface area (Å²) in [5.41, 5.74) is 0.103. The second kappa shape index (κ2) is 4.81. The minimum atomic E-state index is -0.708. The molecule has 3 aliphatic heterocycles. The van der Waals surface area contributed by atoms with E-state index in [1.165, 1.54) is 4.90 Å². The SMILES string of the molecule is CC12CCCN1C(=O)N(C1CC(=O)N(c3ccccc3)C1)C2=O. The molecule has 0 radical (unpaired) electrons. The van der Waals surface area contributed by atoms with Gasteiger partial charge in [0.15, 0.2) is 0 Å². The number of benzene rings is 1. The number of hydrogen-bond donors (Lipinski definition) is 0. The largest absolute Gasteiger partial charge is 0.328 e. The van der Waals surface area contributed by atoms with Gasteiger partial charge in [0.25, 0.3) is 5.91 Å². The molecule has 1 aromatic carbocycles. The lowest BCUT2D eigenvalue weighted by Gasteiger charge is -2.23. The van der Waals surface area contributed by atoms with E-state index in [4.69, 9.17) is 0 Å². The molecule has 3 saturated heterocycles. The zero-order valence-electron chi connectivity index (χ0n) is 13.1. The third kappa shape index (κ3) is 1.90. The molecule has 0 spiro atoms. The van der Waals surface area contributed by atoms with Crippen molar-refractivity contribution in [1.29, 1.82) is 0 Å². The molecule has 3 aliphatic rings. The van der Waals surface area contributed by atoms with Crippen LogP contribution >= 0.6 is 0 Å². The van der Waals surface area contributed by atoms with Gasteiger partial charge in [-0.15, -0.1) is 0 Å². The van der Waals surface area contributed by atoms with Crippen LogP contribution in [0.25, 0.3) is 0 Å². The van der Waals surface area contributed by atoms with Crippen LogP contribution < -0.4 is 4.90 Å². The van der Waals surface area contributed by atoms with Crippen molar-refractivity contribution in [2.24, 2.45) is 0 Å². The van der Waals surface area contributed by atoms with Crippen molar-refractivity contribution in [2.75, 3.05) is 18.0 Å². The molecule has 4 rings (SSSR count). The second-order valence-corrected chi connectivity index (χ2v) is 6.68. The maximum absolute atomic E-state index is 12.8. The highest BCUT2D eigenvalue weighted by Crippen LogP contribution is 2.39. The Bertz CT molecular complexity index is 690. The number of imide groups is 1. The first kappa shape index (κ1) is 14.2. The molecule has 23 heavy (non-hydrogen) atoms. The monoisotopic (exact) mass is 313 g/mol. The maximum Gasteiger partial charge on any atom is 0.328 e. The number of amides is 4. The summed E-state index contributed by atoms with van der Waals surface area (Å²) in [4.78, 5) is 42.4. The summed E-state index contributed by atoms with van der Waals surface area (Å²) in [7, 11) is 0. The van der Waals surface area contributed by atoms with Crippen molar-refractivity contribution in [2.45, 2.75) is 37.8 Å². The molecule has 3 fully saturated rings. The molecular formula is C17H19N3O3. The van der Waals surface area contributed by atoms with E-state index in [1.54, 1.807) is 9.80 Å². The van der Waals surface area contributed by atoms with Crippen LogP contribution in [0, 0.1) is 0 Å². The van der Waals surface area contributed by atoms with Crippen LogP contribution in [0.5, 0.6) is 0 Å². The van der Waals surface area contributed by atoms with Crippen molar-refractivity contribution in [3.63, 3.8) is 0 Å². The third-order valence-corrected chi connectivity index (χ3v) is 5.30. The van der Waals surface area contributed by atoms with Gasteiger partial charge in [-0.3, -0.25) is 14.5 Å². The normalized spacial score (nSPS) is 30.6. The molecule has 3 heterocycles. The zero-order valence-corrected chi connectivity index (χ0v) is 13.1. The van der Waals surface area contributed by atoms with E-state index >= 15 is 0 Å². The number of carbonyl (C=O) groups excluding carboxylic acids is 3. The van der Waals surface area contributed by atoms with E-state index < -0.39 is 5.54 Å². The summed E-state index contributed by atoms with van der Waals surface area (Å²) in [6.45, 7) is 2.84. The number of carbonyl (C=O) groups is 3. The molecule has 0 aromatic heterocycles. The standard InChI is InChI=1S/C17H19N3O3/c1-17-8-5-9-19(17)16(23)20(15(17)22)13-10-14(21)18(11-13)12-6-3-2-4-7-12/h2-4,6-7,13H,5,8-11H2,1H3. The minimum Gasteiger partial charge on any atom is -0.310 e. The fourth-order valence-electron chi connectivity index (χ4n) is 4.01. The smallest absolute Gasteiger partial charge is 0.310 e. The lowest BCUT2D eigenvalue weighted by molar-refractivity contribution is -0.133. The Morgan fingerprint density at radius 2 is 1.87 bits per heavy atom. The van der Waals surface area contributed by atoms with E-state index in [9.17, 15) is 14.4 Å². The molecule has 0 bridgehead atoms. The number of fused-ring (bicyclic) bond motifs is 1. The number of nitrogens with zero attached hydrogens (tertiary/aromatic N) is 3. The van der Waals surface area contributed by atoms with Gasteiger partial charge in [-0.1, -0.05) is 18.2 Å². The predicted octanol–water partition coefficient (Wildman–Crippen LogP) is 1.61. The highest BCUT2D eigenvalue weighted by molar-refractivity contribution is 6.08. The van der Waals surface area contributed by atoms with Crippen LogP contribution in [0.1, 0.15) is 26.2 Å². The molecule has 1 aromatic rings. The number of hydrogen-bond acceptors (Lipinski definition) is 3. The topological polar surface area (TPSA) is 60.9 Å². The Hall–Kier alpha value is -2.37. The highest BCUT2D eigenvalue weighted by atomic mass is 16.2. The van der Waals surface area contributed by atoms with Crippen LogP contribution in [0.15, 0.2) is 30.3 Å². The molecule has 2 atom stereocenters. The number of urea groups is 1. The van der Waals surface area contributed by atoms with Crippen LogP contribution in [-0.4, -0.2) is 52.3 Å². The summed E-state index contributed by atoms with van der Waals surface area (Å²) < 4.78 is 0. The number of rotatable bonds is 2. The van der Waals surface area contributed by atoms with Crippen LogP contribution in [0.2, 0.25) is 0 Å². The summed E-state index contributed by atoms with van der Waals surface area (Å²) in [5, 5.41) is 0. The van der Waals surface area contributed by atoms with Gasteiger partial charge in [-0.25, -0.2) is 4.79 Å². The average Bonchev–Trinajstić information content (AvgIpc) is 3.16. The van der Waals surface area contributed by atoms with Crippen molar-refractivity contribution in [3.8, 4) is 0 Å². The fraction of sp³-hybridized carbons (Fsp3) is 0.471. The van der Waals surface area contributed by atoms with E-state index in [2.05, 4.69) is 0 Å². The Morgan fingerprint density at radius 1 is 1.13 bits per heavy atom. The molecule has 6 heteroatoms. The average molecular weight is 313 g/mol. The van der Waals surface area contributed by atoms with Gasteiger partial charge in [-0.05, 0) is 31.9 Å². The zero-order chi connectivity index (χ0) is 16.2. The van der Waals surface area contributed by atoms with E-state index in [1.807, 2.05) is 37.3 Å². The Morgan fingerprint density at radius 3 is 2.57 bits per heavy atom. The quantitative estimate of drug-likeness (QED) is 0.779. The van der Waals surface area contributed by atoms with Gasteiger partial charge in [-0.2, -0.15) is 0 Å². The molecule has 0 saturated carbocycles. The van der Waals surface area contributed by atoms with Crippen molar-refractivity contribution in [3.05, 3.63) is 30.3 Å². The first-order valence-corrected chi connectivity index (χ1v) is 8.03. The molecule has 0 N–H and O–H groups in total. The summed E-state index contributed by atoms with van der Waals surface area (Å²) in [6, 6.07) is 8.77. The van der Waals surface area contributed by atoms with Gasteiger partial charge in [0, 0.05) is 25.2 Å². The third-order valence-electron chi connectivity index (χ3n) is 5.30. The van der Waals surface area contributed by atoms with E-state index in [0.717, 1.165) is 12.1 Å². The first-order chi connectivity index (χ1) is 11.0. The molecule has 4 amide bonds. The number of anilines is 1. The summed E-state index contributed by atoms with van der Waals surface area (Å²) in [6.07, 6.45) is 1.77. The van der Waals surface area contributed by atoms with Gasteiger partial charge >= 0.3 is 6.03 Å². The Kier molecular flexibility index (Phi) is 2.98. The summed E-state index contributed by atoms with van der Waals surface area (Å²) >= 11 is 0. The highest BCUT2D eigenvalue weighted by Gasteiger charge is 2.59. The predicted molar refractivity (Wildman–Crippen MR) is 83.8 cm³/mol. The molecule has 6 nitrogen and oxygen atoms in total. The molecule has 2 unspecified atom stereocenters. The van der Waals surface area contributed by atoms with E-state index in [-0.39, 0.29) is 30.3 Å². The molecule has 0 aliphatic carbocycles. The molecule has 120 valence electrons. The lowest BCUT2D eigenvalue weighted by Crippen LogP contribution is -2.45. The first-order valence-electron chi connectivity index (χ1n) is 8.03. The summed E-state index contributed by atoms with van der Waals surface area (Å²) in [5.74, 6) is -0.188. The van der Waals surface area contributed by atoms with E-state index in [0.29, 0.717) is 19.5 Å². The van der Waals surface area contributed by atoms with Gasteiger partial charge in [0.1, 0.15) is 5.54 Å². The van der Waals surface area contributed by atoms with Gasteiger partial charge in [0.05, 0.1) is 6.04 Å².